The van der Waals surface area contributed by atoms with E-state index in [0.29, 0.717) is 27.5 Å². The highest BCUT2D eigenvalue weighted by molar-refractivity contribution is 6.30. The van der Waals surface area contributed by atoms with Crippen molar-refractivity contribution in [3.05, 3.63) is 52.3 Å². The number of ether oxygens (including phenoxy) is 1. The Kier molecular flexibility index (Phi) is 4.80. The Hall–Kier alpha value is -2.27. The molecule has 6 heteroatoms. The number of aromatic nitrogens is 1. The fourth-order valence-electron chi connectivity index (χ4n) is 2.08. The number of carbonyl (C=O) groups excluding carboxylic acids is 2. The maximum absolute atomic E-state index is 12.7. The van der Waals surface area contributed by atoms with Crippen molar-refractivity contribution in [2.24, 2.45) is 0 Å². The summed E-state index contributed by atoms with van der Waals surface area (Å²) in [6.45, 7) is 7.08. The molecule has 0 radical (unpaired) electrons. The first kappa shape index (κ1) is 17.1. The number of hydrogen-bond donors (Lipinski definition) is 2. The minimum absolute atomic E-state index is 0.202. The molecular formula is C17H19ClN2O3. The minimum Gasteiger partial charge on any atom is -0.444 e. The minimum atomic E-state index is -0.615. The van der Waals surface area contributed by atoms with Crippen molar-refractivity contribution >= 4 is 29.2 Å². The summed E-state index contributed by atoms with van der Waals surface area (Å²) in [6.07, 6.45) is 0.962. The standard InChI is InChI=1S/C17H19ClN2O3/c1-10-14(15(21)11-5-7-12(18)8-6-11)13(9-19-10)20-16(22)23-17(2,3)4/h5-9,19H,1-4H3,(H,20,22). The van der Waals surface area contributed by atoms with Crippen molar-refractivity contribution in [3.8, 4) is 0 Å². The highest BCUT2D eigenvalue weighted by Crippen LogP contribution is 2.24. The number of ketones is 1. The van der Waals surface area contributed by atoms with Crippen LogP contribution in [0.3, 0.4) is 0 Å². The normalized spacial score (nSPS) is 11.2. The molecular weight excluding hydrogens is 316 g/mol. The number of benzene rings is 1. The van der Waals surface area contributed by atoms with Gasteiger partial charge in [0.1, 0.15) is 5.60 Å². The fraction of sp³-hybridized carbons (Fsp3) is 0.294. The number of carbonyl (C=O) groups is 2. The number of nitrogens with one attached hydrogen (secondary N) is 2. The first-order valence-electron chi connectivity index (χ1n) is 7.15. The Morgan fingerprint density at radius 3 is 2.35 bits per heavy atom. The number of amides is 1. The van der Waals surface area contributed by atoms with Gasteiger partial charge in [-0.05, 0) is 52.0 Å². The van der Waals surface area contributed by atoms with Crippen LogP contribution in [-0.4, -0.2) is 22.5 Å². The van der Waals surface area contributed by atoms with Crippen LogP contribution in [0.5, 0.6) is 0 Å². The van der Waals surface area contributed by atoms with Gasteiger partial charge in [0, 0.05) is 22.5 Å². The van der Waals surface area contributed by atoms with E-state index in [0.717, 1.165) is 0 Å². The van der Waals surface area contributed by atoms with E-state index in [1.807, 2.05) is 0 Å². The van der Waals surface area contributed by atoms with Crippen LogP contribution >= 0.6 is 11.6 Å². The summed E-state index contributed by atoms with van der Waals surface area (Å²) in [5.74, 6) is -0.202. The summed E-state index contributed by atoms with van der Waals surface area (Å²) >= 11 is 5.84. The molecule has 5 nitrogen and oxygen atoms in total. The van der Waals surface area contributed by atoms with E-state index in [1.54, 1.807) is 58.2 Å². The Bertz CT molecular complexity index is 727. The number of rotatable bonds is 3. The van der Waals surface area contributed by atoms with Crippen molar-refractivity contribution < 1.29 is 14.3 Å². The zero-order valence-corrected chi connectivity index (χ0v) is 14.2. The second-order valence-electron chi connectivity index (χ2n) is 6.17. The summed E-state index contributed by atoms with van der Waals surface area (Å²) in [5.41, 5.74) is 1.32. The summed E-state index contributed by atoms with van der Waals surface area (Å²) < 4.78 is 5.21. The Balaban J connectivity index is 2.26. The predicted molar refractivity (Wildman–Crippen MR) is 90.3 cm³/mol. The first-order valence-corrected chi connectivity index (χ1v) is 7.53. The van der Waals surface area contributed by atoms with Crippen LogP contribution < -0.4 is 5.32 Å². The molecule has 2 aromatic rings. The second kappa shape index (κ2) is 6.46. The van der Waals surface area contributed by atoms with Gasteiger partial charge in [-0.1, -0.05) is 11.6 Å². The Labute approximate surface area is 140 Å². The molecule has 0 aliphatic rings. The van der Waals surface area contributed by atoms with E-state index < -0.39 is 11.7 Å². The maximum Gasteiger partial charge on any atom is 0.412 e. The molecule has 1 aromatic heterocycles. The molecule has 0 unspecified atom stereocenters. The molecule has 0 bridgehead atoms. The van der Waals surface area contributed by atoms with Crippen molar-refractivity contribution in [3.63, 3.8) is 0 Å². The molecule has 0 atom stereocenters. The molecule has 1 aromatic carbocycles. The van der Waals surface area contributed by atoms with Gasteiger partial charge in [0.15, 0.2) is 5.78 Å². The van der Waals surface area contributed by atoms with E-state index in [4.69, 9.17) is 16.3 Å². The van der Waals surface area contributed by atoms with Crippen molar-refractivity contribution in [2.75, 3.05) is 5.32 Å². The van der Waals surface area contributed by atoms with Gasteiger partial charge in [0.25, 0.3) is 0 Å². The quantitative estimate of drug-likeness (QED) is 0.808. The summed E-state index contributed by atoms with van der Waals surface area (Å²) in [7, 11) is 0. The third-order valence-electron chi connectivity index (χ3n) is 3.05. The number of anilines is 1. The molecule has 2 rings (SSSR count). The van der Waals surface area contributed by atoms with Gasteiger partial charge < -0.3 is 9.72 Å². The highest BCUT2D eigenvalue weighted by atomic mass is 35.5. The lowest BCUT2D eigenvalue weighted by atomic mass is 10.0. The van der Waals surface area contributed by atoms with Gasteiger partial charge in [-0.25, -0.2) is 4.79 Å². The second-order valence-corrected chi connectivity index (χ2v) is 6.60. The van der Waals surface area contributed by atoms with Gasteiger partial charge in [0.05, 0.1) is 11.3 Å². The number of H-pyrrole nitrogens is 1. The van der Waals surface area contributed by atoms with Gasteiger partial charge >= 0.3 is 6.09 Å². The number of hydrogen-bond acceptors (Lipinski definition) is 3. The highest BCUT2D eigenvalue weighted by Gasteiger charge is 2.22. The van der Waals surface area contributed by atoms with Crippen LogP contribution in [0.2, 0.25) is 5.02 Å². The summed E-state index contributed by atoms with van der Waals surface area (Å²) in [4.78, 5) is 27.5. The topological polar surface area (TPSA) is 71.2 Å². The molecule has 0 spiro atoms. The van der Waals surface area contributed by atoms with Gasteiger partial charge in [-0.15, -0.1) is 0 Å². The van der Waals surface area contributed by atoms with E-state index in [1.165, 1.54) is 0 Å². The van der Waals surface area contributed by atoms with Crippen molar-refractivity contribution in [2.45, 2.75) is 33.3 Å². The molecule has 1 amide bonds. The molecule has 0 saturated heterocycles. The molecule has 122 valence electrons. The average Bonchev–Trinajstić information content (AvgIpc) is 2.77. The first-order chi connectivity index (χ1) is 10.7. The van der Waals surface area contributed by atoms with Crippen LogP contribution in [0.1, 0.15) is 42.4 Å². The molecule has 0 aliphatic heterocycles. The van der Waals surface area contributed by atoms with E-state index in [2.05, 4.69) is 10.3 Å². The number of aryl methyl sites for hydroxylation is 1. The third-order valence-corrected chi connectivity index (χ3v) is 3.30. The van der Waals surface area contributed by atoms with E-state index in [9.17, 15) is 9.59 Å². The smallest absolute Gasteiger partial charge is 0.412 e. The molecule has 0 fully saturated rings. The fourth-order valence-corrected chi connectivity index (χ4v) is 2.20. The van der Waals surface area contributed by atoms with Gasteiger partial charge in [0.2, 0.25) is 0 Å². The maximum atomic E-state index is 12.7. The molecule has 0 aliphatic carbocycles. The lowest BCUT2D eigenvalue weighted by Crippen LogP contribution is -2.27. The predicted octanol–water partition coefficient (Wildman–Crippen LogP) is 4.55. The van der Waals surface area contributed by atoms with E-state index in [-0.39, 0.29) is 5.78 Å². The monoisotopic (exact) mass is 334 g/mol. The van der Waals surface area contributed by atoms with Gasteiger partial charge in [-0.2, -0.15) is 0 Å². The van der Waals surface area contributed by atoms with Crippen LogP contribution in [0.25, 0.3) is 0 Å². The zero-order valence-electron chi connectivity index (χ0n) is 13.5. The van der Waals surface area contributed by atoms with Crippen LogP contribution in [0.15, 0.2) is 30.5 Å². The van der Waals surface area contributed by atoms with E-state index >= 15 is 0 Å². The SMILES string of the molecule is Cc1[nH]cc(NC(=O)OC(C)(C)C)c1C(=O)c1ccc(Cl)cc1. The molecule has 2 N–H and O–H groups in total. The van der Waals surface area contributed by atoms with Crippen molar-refractivity contribution in [1.29, 1.82) is 0 Å². The molecule has 23 heavy (non-hydrogen) atoms. The molecule has 1 heterocycles. The average molecular weight is 335 g/mol. The lowest BCUT2D eigenvalue weighted by Gasteiger charge is -2.19. The lowest BCUT2D eigenvalue weighted by molar-refractivity contribution is 0.0636. The van der Waals surface area contributed by atoms with Crippen LogP contribution in [0, 0.1) is 6.92 Å². The zero-order chi connectivity index (χ0) is 17.2. The Morgan fingerprint density at radius 2 is 1.78 bits per heavy atom. The van der Waals surface area contributed by atoms with Crippen LogP contribution in [0.4, 0.5) is 10.5 Å². The van der Waals surface area contributed by atoms with Crippen LogP contribution in [-0.2, 0) is 4.74 Å². The van der Waals surface area contributed by atoms with Gasteiger partial charge in [-0.3, -0.25) is 10.1 Å². The number of halogens is 1. The third kappa shape index (κ3) is 4.36. The summed E-state index contributed by atoms with van der Waals surface area (Å²) in [5, 5.41) is 3.17. The molecule has 0 saturated carbocycles. The largest absolute Gasteiger partial charge is 0.444 e. The Morgan fingerprint density at radius 1 is 1.17 bits per heavy atom. The summed E-state index contributed by atoms with van der Waals surface area (Å²) in [6, 6.07) is 6.60. The number of aromatic amines is 1. The van der Waals surface area contributed by atoms with Crippen molar-refractivity contribution in [1.82, 2.24) is 4.98 Å².